The maximum atomic E-state index is 12.3. The van der Waals surface area contributed by atoms with E-state index in [-0.39, 0.29) is 10.1 Å². The molecule has 0 heterocycles. The highest BCUT2D eigenvalue weighted by Gasteiger charge is 1.95. The van der Waals surface area contributed by atoms with E-state index in [9.17, 15) is 4.39 Å². The minimum absolute atomic E-state index is 0.264. The van der Waals surface area contributed by atoms with Gasteiger partial charge in [-0.2, -0.15) is 0 Å². The second-order valence-electron chi connectivity index (χ2n) is 1.78. The van der Waals surface area contributed by atoms with E-state index in [0.717, 1.165) is 0 Å². The molecule has 0 saturated carbocycles. The second-order valence-corrected chi connectivity index (χ2v) is 2.79. The van der Waals surface area contributed by atoms with E-state index in [0.29, 0.717) is 5.56 Å². The molecular weight excluding hydrogens is 171 g/mol. The predicted molar refractivity (Wildman–Crippen MR) is 44.0 cm³/mol. The van der Waals surface area contributed by atoms with Crippen molar-refractivity contribution in [3.05, 3.63) is 35.6 Å². The first kappa shape index (κ1) is 7.63. The number of hydrogen-bond acceptors (Lipinski definition) is 1. The Labute approximate surface area is 68.6 Å². The molecule has 0 amide bonds. The van der Waals surface area contributed by atoms with Crippen molar-refractivity contribution in [2.24, 2.45) is 0 Å². The van der Waals surface area contributed by atoms with Crippen molar-refractivity contribution in [2.75, 3.05) is 0 Å². The van der Waals surface area contributed by atoms with Crippen LogP contribution in [0.2, 0.25) is 0 Å². The molecule has 52 valence electrons. The van der Waals surface area contributed by atoms with E-state index in [1.165, 1.54) is 12.1 Å². The summed E-state index contributed by atoms with van der Waals surface area (Å²) in [6, 6.07) is 5.74. The lowest BCUT2D eigenvalue weighted by Gasteiger charge is -1.92. The fraction of sp³-hybridized carbons (Fsp3) is 0. The third kappa shape index (κ3) is 1.75. The van der Waals surface area contributed by atoms with Gasteiger partial charge >= 0.3 is 0 Å². The van der Waals surface area contributed by atoms with E-state index in [4.69, 9.17) is 11.6 Å². The molecule has 0 saturated heterocycles. The van der Waals surface area contributed by atoms with Gasteiger partial charge in [-0.25, -0.2) is 4.39 Å². The zero-order valence-electron chi connectivity index (χ0n) is 4.97. The monoisotopic (exact) mass is 174 g/mol. The molecule has 0 fully saturated rings. The Morgan fingerprint density at radius 2 is 1.80 bits per heavy atom. The Morgan fingerprint density at radius 3 is 2.20 bits per heavy atom. The van der Waals surface area contributed by atoms with Gasteiger partial charge in [0.15, 0.2) is 0 Å². The highest BCUT2D eigenvalue weighted by atomic mass is 35.5. The largest absolute Gasteiger partial charge is 0.207 e. The van der Waals surface area contributed by atoms with Crippen molar-refractivity contribution in [1.82, 2.24) is 0 Å². The molecule has 0 N–H and O–H groups in total. The zero-order chi connectivity index (χ0) is 7.56. The molecule has 0 aliphatic carbocycles. The molecule has 0 nitrogen and oxygen atoms in total. The molecule has 1 rings (SSSR count). The quantitative estimate of drug-likeness (QED) is 0.466. The van der Waals surface area contributed by atoms with E-state index in [1.54, 1.807) is 12.1 Å². The van der Waals surface area contributed by atoms with Gasteiger partial charge in [-0.05, 0) is 24.3 Å². The lowest BCUT2D eigenvalue weighted by molar-refractivity contribution is 0.628. The van der Waals surface area contributed by atoms with Crippen LogP contribution in [-0.4, -0.2) is 4.32 Å². The average molecular weight is 175 g/mol. The van der Waals surface area contributed by atoms with Crippen molar-refractivity contribution in [3.63, 3.8) is 0 Å². The molecule has 1 aromatic carbocycles. The summed E-state index contributed by atoms with van der Waals surface area (Å²) in [5, 5.41) is 0. The minimum Gasteiger partial charge on any atom is -0.207 e. The van der Waals surface area contributed by atoms with Crippen molar-refractivity contribution in [2.45, 2.75) is 0 Å². The van der Waals surface area contributed by atoms with Crippen molar-refractivity contribution < 1.29 is 4.39 Å². The second kappa shape index (κ2) is 3.08. The number of hydrogen-bond donors (Lipinski definition) is 0. The molecule has 0 spiro atoms. The molecule has 1 aromatic rings. The third-order valence-electron chi connectivity index (χ3n) is 1.07. The number of thiocarbonyl (C=S) groups is 1. The zero-order valence-corrected chi connectivity index (χ0v) is 6.55. The Morgan fingerprint density at radius 1 is 1.30 bits per heavy atom. The van der Waals surface area contributed by atoms with Crippen LogP contribution in [0.4, 0.5) is 4.39 Å². The van der Waals surface area contributed by atoms with E-state index in [2.05, 4.69) is 12.2 Å². The van der Waals surface area contributed by atoms with Gasteiger partial charge in [0.05, 0.1) is 0 Å². The van der Waals surface area contributed by atoms with Gasteiger partial charge in [-0.15, -0.1) is 0 Å². The summed E-state index contributed by atoms with van der Waals surface area (Å²) in [5.74, 6) is -0.281. The molecular formula is C7H4ClFS. The summed E-state index contributed by atoms with van der Waals surface area (Å²) in [7, 11) is 0. The fourth-order valence-corrected chi connectivity index (χ4v) is 0.843. The van der Waals surface area contributed by atoms with Gasteiger partial charge in [0.2, 0.25) is 0 Å². The maximum absolute atomic E-state index is 12.3. The highest BCUT2D eigenvalue weighted by molar-refractivity contribution is 7.83. The predicted octanol–water partition coefficient (Wildman–Crippen LogP) is 2.74. The third-order valence-corrected chi connectivity index (χ3v) is 1.53. The minimum atomic E-state index is -0.281. The van der Waals surface area contributed by atoms with Crippen molar-refractivity contribution in [1.29, 1.82) is 0 Å². The topological polar surface area (TPSA) is 0 Å². The molecule has 0 aliphatic heterocycles. The number of benzene rings is 1. The van der Waals surface area contributed by atoms with Crippen LogP contribution in [0.1, 0.15) is 5.56 Å². The number of halogens is 2. The Balaban J connectivity index is 3.00. The Hall–Kier alpha value is -0.470. The Kier molecular flexibility index (Phi) is 2.35. The van der Waals surface area contributed by atoms with Crippen LogP contribution in [0.15, 0.2) is 24.3 Å². The summed E-state index contributed by atoms with van der Waals surface area (Å²) < 4.78 is 12.5. The lowest BCUT2D eigenvalue weighted by atomic mass is 10.2. The Bertz CT molecular complexity index is 242. The van der Waals surface area contributed by atoms with Crippen LogP contribution in [0.25, 0.3) is 0 Å². The van der Waals surface area contributed by atoms with Gasteiger partial charge in [-0.1, -0.05) is 23.8 Å². The molecule has 0 atom stereocenters. The molecule has 3 heteroatoms. The molecule has 10 heavy (non-hydrogen) atoms. The summed E-state index contributed by atoms with van der Waals surface area (Å²) in [6.07, 6.45) is 0. The van der Waals surface area contributed by atoms with Crippen LogP contribution in [0.5, 0.6) is 0 Å². The summed E-state index contributed by atoms with van der Waals surface area (Å²) in [6.45, 7) is 0. The van der Waals surface area contributed by atoms with Crippen LogP contribution >= 0.6 is 23.8 Å². The lowest BCUT2D eigenvalue weighted by Crippen LogP contribution is -1.85. The van der Waals surface area contributed by atoms with E-state index >= 15 is 0 Å². The molecule has 0 aliphatic rings. The van der Waals surface area contributed by atoms with Gasteiger partial charge in [0, 0.05) is 5.56 Å². The maximum Gasteiger partial charge on any atom is 0.123 e. The summed E-state index contributed by atoms with van der Waals surface area (Å²) in [5.41, 5.74) is 0.679. The van der Waals surface area contributed by atoms with E-state index in [1.807, 2.05) is 0 Å². The standard InChI is InChI=1S/C7H4ClFS/c8-7(10)5-1-3-6(9)4-2-5/h1-4H. The van der Waals surface area contributed by atoms with Gasteiger partial charge in [0.1, 0.15) is 10.1 Å². The van der Waals surface area contributed by atoms with Crippen molar-refractivity contribution >= 4 is 28.1 Å². The van der Waals surface area contributed by atoms with Crippen LogP contribution in [-0.2, 0) is 0 Å². The smallest absolute Gasteiger partial charge is 0.123 e. The summed E-state index contributed by atoms with van der Waals surface area (Å²) >= 11 is 10.1. The normalized spacial score (nSPS) is 9.40. The van der Waals surface area contributed by atoms with Gasteiger partial charge in [-0.3, -0.25) is 0 Å². The number of rotatable bonds is 1. The molecule has 0 unspecified atom stereocenters. The van der Waals surface area contributed by atoms with Crippen LogP contribution in [0.3, 0.4) is 0 Å². The summed E-state index contributed by atoms with van der Waals surface area (Å²) in [4.78, 5) is 0. The van der Waals surface area contributed by atoms with E-state index < -0.39 is 0 Å². The average Bonchev–Trinajstić information content (AvgIpc) is 1.88. The van der Waals surface area contributed by atoms with Crippen LogP contribution in [0, 0.1) is 5.82 Å². The molecule has 0 radical (unpaired) electrons. The molecule has 0 bridgehead atoms. The SMILES string of the molecule is Fc1ccc(C(=S)Cl)cc1. The molecule has 0 aromatic heterocycles. The fourth-order valence-electron chi connectivity index (χ4n) is 0.581. The van der Waals surface area contributed by atoms with Gasteiger partial charge in [0.25, 0.3) is 0 Å². The first-order valence-electron chi connectivity index (χ1n) is 2.65. The van der Waals surface area contributed by atoms with Crippen LogP contribution < -0.4 is 0 Å². The van der Waals surface area contributed by atoms with Crippen molar-refractivity contribution in [3.8, 4) is 0 Å². The first-order valence-corrected chi connectivity index (χ1v) is 3.44. The highest BCUT2D eigenvalue weighted by Crippen LogP contribution is 2.06. The van der Waals surface area contributed by atoms with Gasteiger partial charge < -0.3 is 0 Å². The first-order chi connectivity index (χ1) is 4.70.